The number of rotatable bonds is 3. The standard InChI is InChI=1S/C24H18N2OS/c27-23(20-13-7-6-11-18(20)16-8-2-1-3-9-16)26-24-25-22-19-12-5-4-10-17(19)14-15-21(22)28-24/h1-13H,14-15H2,(H,25,26,27). The molecular weight excluding hydrogens is 364 g/mol. The maximum atomic E-state index is 13.0. The van der Waals surface area contributed by atoms with Crippen molar-refractivity contribution in [3.8, 4) is 22.4 Å². The van der Waals surface area contributed by atoms with Crippen molar-refractivity contribution in [1.29, 1.82) is 0 Å². The van der Waals surface area contributed by atoms with Gasteiger partial charge in [-0.25, -0.2) is 4.98 Å². The molecule has 0 saturated carbocycles. The van der Waals surface area contributed by atoms with E-state index in [1.165, 1.54) is 16.0 Å². The fourth-order valence-corrected chi connectivity index (χ4v) is 4.69. The van der Waals surface area contributed by atoms with Crippen molar-refractivity contribution >= 4 is 22.4 Å². The minimum atomic E-state index is -0.126. The lowest BCUT2D eigenvalue weighted by Crippen LogP contribution is -2.13. The Kier molecular flexibility index (Phi) is 4.26. The first-order valence-corrected chi connectivity index (χ1v) is 10.1. The Morgan fingerprint density at radius 1 is 0.821 bits per heavy atom. The van der Waals surface area contributed by atoms with Gasteiger partial charge in [0.25, 0.3) is 5.91 Å². The number of fused-ring (bicyclic) bond motifs is 3. The van der Waals surface area contributed by atoms with E-state index in [1.54, 1.807) is 11.3 Å². The van der Waals surface area contributed by atoms with Crippen LogP contribution in [0.2, 0.25) is 0 Å². The van der Waals surface area contributed by atoms with Crippen LogP contribution in [0.3, 0.4) is 0 Å². The number of aryl methyl sites for hydroxylation is 2. The van der Waals surface area contributed by atoms with Gasteiger partial charge >= 0.3 is 0 Å². The molecule has 4 aromatic rings. The lowest BCUT2D eigenvalue weighted by atomic mass is 9.94. The molecule has 0 bridgehead atoms. The quantitative estimate of drug-likeness (QED) is 0.484. The normalized spacial score (nSPS) is 12.1. The molecule has 1 aromatic heterocycles. The highest BCUT2D eigenvalue weighted by atomic mass is 32.1. The van der Waals surface area contributed by atoms with Gasteiger partial charge in [0.05, 0.1) is 5.69 Å². The Morgan fingerprint density at radius 3 is 2.39 bits per heavy atom. The predicted octanol–water partition coefficient (Wildman–Crippen LogP) is 5.83. The highest BCUT2D eigenvalue weighted by molar-refractivity contribution is 7.16. The number of amides is 1. The number of thiazole rings is 1. The van der Waals surface area contributed by atoms with Crippen molar-refractivity contribution in [3.05, 3.63) is 94.9 Å². The van der Waals surface area contributed by atoms with E-state index in [1.807, 2.05) is 60.7 Å². The van der Waals surface area contributed by atoms with Crippen LogP contribution < -0.4 is 5.32 Å². The molecule has 0 spiro atoms. The summed E-state index contributed by atoms with van der Waals surface area (Å²) < 4.78 is 0. The first-order chi connectivity index (χ1) is 13.8. The number of benzene rings is 3. The SMILES string of the molecule is O=C(Nc1nc2c(s1)CCc1ccccc1-2)c1ccccc1-c1ccccc1. The molecule has 0 unspecified atom stereocenters. The van der Waals surface area contributed by atoms with E-state index in [0.717, 1.165) is 29.7 Å². The van der Waals surface area contributed by atoms with E-state index in [4.69, 9.17) is 4.98 Å². The van der Waals surface area contributed by atoms with Crippen molar-refractivity contribution < 1.29 is 4.79 Å². The van der Waals surface area contributed by atoms with Crippen LogP contribution in [-0.4, -0.2) is 10.9 Å². The number of anilines is 1. The number of nitrogens with zero attached hydrogens (tertiary/aromatic N) is 1. The minimum Gasteiger partial charge on any atom is -0.298 e. The van der Waals surface area contributed by atoms with E-state index < -0.39 is 0 Å². The smallest absolute Gasteiger partial charge is 0.258 e. The molecule has 1 aliphatic carbocycles. The van der Waals surface area contributed by atoms with Gasteiger partial charge in [-0.2, -0.15) is 0 Å². The zero-order chi connectivity index (χ0) is 18.9. The summed E-state index contributed by atoms with van der Waals surface area (Å²) in [5.74, 6) is -0.126. The lowest BCUT2D eigenvalue weighted by Gasteiger charge is -2.13. The molecule has 1 heterocycles. The monoisotopic (exact) mass is 382 g/mol. The molecule has 0 atom stereocenters. The van der Waals surface area contributed by atoms with Crippen LogP contribution in [0.15, 0.2) is 78.9 Å². The first kappa shape index (κ1) is 16.9. The highest BCUT2D eigenvalue weighted by Crippen LogP contribution is 2.38. The van der Waals surface area contributed by atoms with Crippen molar-refractivity contribution in [1.82, 2.24) is 4.98 Å². The fraction of sp³-hybridized carbons (Fsp3) is 0.0833. The molecule has 136 valence electrons. The third-order valence-corrected chi connectivity index (χ3v) is 6.10. The van der Waals surface area contributed by atoms with E-state index in [2.05, 4.69) is 23.5 Å². The average molecular weight is 382 g/mol. The third-order valence-electron chi connectivity index (χ3n) is 5.07. The second kappa shape index (κ2) is 7.06. The largest absolute Gasteiger partial charge is 0.298 e. The topological polar surface area (TPSA) is 42.0 Å². The summed E-state index contributed by atoms with van der Waals surface area (Å²) in [6.45, 7) is 0. The van der Waals surface area contributed by atoms with Crippen molar-refractivity contribution in [2.45, 2.75) is 12.8 Å². The number of hydrogen-bond donors (Lipinski definition) is 1. The number of carbonyl (C=O) groups excluding carboxylic acids is 1. The third kappa shape index (κ3) is 3.02. The van der Waals surface area contributed by atoms with Gasteiger partial charge in [0, 0.05) is 16.0 Å². The van der Waals surface area contributed by atoms with Crippen molar-refractivity contribution in [2.24, 2.45) is 0 Å². The molecular formula is C24H18N2OS. The molecule has 1 N–H and O–H groups in total. The van der Waals surface area contributed by atoms with Gasteiger partial charge in [-0.1, -0.05) is 72.8 Å². The van der Waals surface area contributed by atoms with Gasteiger partial charge in [-0.3, -0.25) is 10.1 Å². The predicted molar refractivity (Wildman–Crippen MR) is 115 cm³/mol. The Labute approximate surface area is 167 Å². The van der Waals surface area contributed by atoms with Crippen molar-refractivity contribution in [3.63, 3.8) is 0 Å². The summed E-state index contributed by atoms with van der Waals surface area (Å²) in [7, 11) is 0. The summed E-state index contributed by atoms with van der Waals surface area (Å²) in [5, 5.41) is 3.69. The second-order valence-electron chi connectivity index (χ2n) is 6.81. The van der Waals surface area contributed by atoms with Gasteiger partial charge in [-0.15, -0.1) is 11.3 Å². The van der Waals surface area contributed by atoms with E-state index in [0.29, 0.717) is 10.7 Å². The number of aromatic nitrogens is 1. The number of hydrogen-bond acceptors (Lipinski definition) is 3. The molecule has 28 heavy (non-hydrogen) atoms. The molecule has 3 aromatic carbocycles. The molecule has 0 saturated heterocycles. The Bertz CT molecular complexity index is 1160. The van der Waals surface area contributed by atoms with Gasteiger partial charge in [0.2, 0.25) is 0 Å². The van der Waals surface area contributed by atoms with Gasteiger partial charge in [0.15, 0.2) is 5.13 Å². The van der Waals surface area contributed by atoms with E-state index >= 15 is 0 Å². The zero-order valence-electron chi connectivity index (χ0n) is 15.2. The molecule has 4 heteroatoms. The second-order valence-corrected chi connectivity index (χ2v) is 7.90. The van der Waals surface area contributed by atoms with Gasteiger partial charge < -0.3 is 0 Å². The lowest BCUT2D eigenvalue weighted by molar-refractivity contribution is 0.102. The molecule has 1 aliphatic rings. The number of carbonyl (C=O) groups is 1. The van der Waals surface area contributed by atoms with Crippen LogP contribution in [0.4, 0.5) is 5.13 Å². The summed E-state index contributed by atoms with van der Waals surface area (Å²) >= 11 is 1.58. The van der Waals surface area contributed by atoms with Crippen LogP contribution >= 0.6 is 11.3 Å². The van der Waals surface area contributed by atoms with Crippen LogP contribution in [0.25, 0.3) is 22.4 Å². The molecule has 3 nitrogen and oxygen atoms in total. The Balaban J connectivity index is 1.47. The Morgan fingerprint density at radius 2 is 1.54 bits per heavy atom. The van der Waals surface area contributed by atoms with E-state index in [-0.39, 0.29) is 5.91 Å². The van der Waals surface area contributed by atoms with Crippen molar-refractivity contribution in [2.75, 3.05) is 5.32 Å². The van der Waals surface area contributed by atoms with Crippen LogP contribution in [0, 0.1) is 0 Å². The molecule has 5 rings (SSSR count). The zero-order valence-corrected chi connectivity index (χ0v) is 16.0. The highest BCUT2D eigenvalue weighted by Gasteiger charge is 2.22. The number of nitrogens with one attached hydrogen (secondary N) is 1. The van der Waals surface area contributed by atoms with E-state index in [9.17, 15) is 4.79 Å². The molecule has 0 fully saturated rings. The molecule has 1 amide bonds. The summed E-state index contributed by atoms with van der Waals surface area (Å²) in [5.41, 5.74) is 6.13. The minimum absolute atomic E-state index is 0.126. The summed E-state index contributed by atoms with van der Waals surface area (Å²) in [6, 6.07) is 26.1. The Hall–Kier alpha value is -3.24. The average Bonchev–Trinajstić information content (AvgIpc) is 3.17. The fourth-order valence-electron chi connectivity index (χ4n) is 3.72. The maximum Gasteiger partial charge on any atom is 0.258 e. The van der Waals surface area contributed by atoms with Gasteiger partial charge in [0.1, 0.15) is 0 Å². The van der Waals surface area contributed by atoms with Gasteiger partial charge in [-0.05, 0) is 35.6 Å². The summed E-state index contributed by atoms with van der Waals surface area (Å²) in [6.07, 6.45) is 2.00. The molecule has 0 radical (unpaired) electrons. The molecule has 0 aliphatic heterocycles. The summed E-state index contributed by atoms with van der Waals surface area (Å²) in [4.78, 5) is 19.0. The first-order valence-electron chi connectivity index (χ1n) is 9.33. The van der Waals surface area contributed by atoms with Crippen LogP contribution in [0.1, 0.15) is 20.8 Å². The maximum absolute atomic E-state index is 13.0. The van der Waals surface area contributed by atoms with Crippen LogP contribution in [0.5, 0.6) is 0 Å². The van der Waals surface area contributed by atoms with Crippen LogP contribution in [-0.2, 0) is 12.8 Å².